The van der Waals surface area contributed by atoms with Gasteiger partial charge in [0.05, 0.1) is 12.0 Å². The van der Waals surface area contributed by atoms with Crippen LogP contribution in [0.3, 0.4) is 0 Å². The van der Waals surface area contributed by atoms with Gasteiger partial charge in [0, 0.05) is 0 Å². The summed E-state index contributed by atoms with van der Waals surface area (Å²) < 4.78 is 0. The van der Waals surface area contributed by atoms with Crippen LogP contribution < -0.4 is 0 Å². The van der Waals surface area contributed by atoms with E-state index in [0.29, 0.717) is 0 Å². The largest absolute Gasteiger partial charge is 0.481 e. The molecule has 0 spiro atoms. The molecular formula is C19H16O4. The number of carboxylic acids is 2. The molecule has 0 saturated carbocycles. The number of aromatic carboxylic acids is 1. The fourth-order valence-corrected chi connectivity index (χ4v) is 3.12. The van der Waals surface area contributed by atoms with E-state index in [0.717, 1.165) is 27.1 Å². The van der Waals surface area contributed by atoms with Gasteiger partial charge in [0.25, 0.3) is 0 Å². The van der Waals surface area contributed by atoms with Gasteiger partial charge < -0.3 is 10.2 Å². The van der Waals surface area contributed by atoms with E-state index < -0.39 is 11.9 Å². The Morgan fingerprint density at radius 3 is 2.35 bits per heavy atom. The highest BCUT2D eigenvalue weighted by molar-refractivity contribution is 6.05. The smallest absolute Gasteiger partial charge is 0.335 e. The molecule has 1 atom stereocenters. The minimum atomic E-state index is -0.989. The third kappa shape index (κ3) is 2.75. The second-order valence-corrected chi connectivity index (χ2v) is 5.75. The lowest BCUT2D eigenvalue weighted by molar-refractivity contribution is -0.137. The highest BCUT2D eigenvalue weighted by Gasteiger charge is 2.17. The Balaban J connectivity index is 2.38. The highest BCUT2D eigenvalue weighted by Crippen LogP contribution is 2.35. The van der Waals surface area contributed by atoms with Gasteiger partial charge in [-0.25, -0.2) is 4.79 Å². The molecule has 116 valence electrons. The van der Waals surface area contributed by atoms with Gasteiger partial charge in [-0.05, 0) is 51.2 Å². The van der Waals surface area contributed by atoms with Crippen molar-refractivity contribution in [3.05, 3.63) is 59.7 Å². The molecule has 4 nitrogen and oxygen atoms in total. The Kier molecular flexibility index (Phi) is 3.74. The van der Waals surface area contributed by atoms with E-state index in [1.54, 1.807) is 18.2 Å². The number of hydrogen-bond donors (Lipinski definition) is 2. The summed E-state index contributed by atoms with van der Waals surface area (Å²) in [6.45, 7) is 1.86. The molecule has 0 radical (unpaired) electrons. The first-order chi connectivity index (χ1) is 11.0. The van der Waals surface area contributed by atoms with Crippen LogP contribution in [0, 0.1) is 0 Å². The van der Waals surface area contributed by atoms with E-state index in [-0.39, 0.29) is 17.9 Å². The van der Waals surface area contributed by atoms with E-state index in [1.165, 1.54) is 0 Å². The standard InChI is InChI=1S/C19H16O4/c1-11(8-17(20)21)18-15-5-3-2-4-12(15)9-13-6-7-14(19(22)23)10-16(13)18/h2-7,9-11H,8H2,1H3,(H,20,21)(H,22,23). The third-order valence-corrected chi connectivity index (χ3v) is 4.13. The molecular weight excluding hydrogens is 292 g/mol. The van der Waals surface area contributed by atoms with Gasteiger partial charge in [-0.15, -0.1) is 0 Å². The first-order valence-corrected chi connectivity index (χ1v) is 7.38. The number of aliphatic carboxylic acids is 1. The average molecular weight is 308 g/mol. The third-order valence-electron chi connectivity index (χ3n) is 4.13. The molecule has 23 heavy (non-hydrogen) atoms. The quantitative estimate of drug-likeness (QED) is 0.706. The van der Waals surface area contributed by atoms with Crippen molar-refractivity contribution in [1.29, 1.82) is 0 Å². The first kappa shape index (κ1) is 15.0. The van der Waals surface area contributed by atoms with Gasteiger partial charge >= 0.3 is 11.9 Å². The van der Waals surface area contributed by atoms with Gasteiger partial charge in [-0.3, -0.25) is 4.79 Å². The zero-order valence-corrected chi connectivity index (χ0v) is 12.6. The van der Waals surface area contributed by atoms with Crippen molar-refractivity contribution in [3.63, 3.8) is 0 Å². The topological polar surface area (TPSA) is 74.6 Å². The van der Waals surface area contributed by atoms with E-state index in [2.05, 4.69) is 0 Å². The fraction of sp³-hybridized carbons (Fsp3) is 0.158. The van der Waals surface area contributed by atoms with Crippen LogP contribution in [0.2, 0.25) is 0 Å². The van der Waals surface area contributed by atoms with Crippen LogP contribution in [-0.2, 0) is 4.79 Å². The summed E-state index contributed by atoms with van der Waals surface area (Å²) in [5.74, 6) is -2.07. The van der Waals surface area contributed by atoms with Crippen LogP contribution in [0.4, 0.5) is 0 Å². The summed E-state index contributed by atoms with van der Waals surface area (Å²) in [6.07, 6.45) is 0.000403. The van der Waals surface area contributed by atoms with Crippen molar-refractivity contribution in [2.24, 2.45) is 0 Å². The minimum Gasteiger partial charge on any atom is -0.481 e. The summed E-state index contributed by atoms with van der Waals surface area (Å²) in [5.41, 5.74) is 1.10. The summed E-state index contributed by atoms with van der Waals surface area (Å²) in [4.78, 5) is 22.4. The molecule has 0 aliphatic heterocycles. The molecule has 3 rings (SSSR count). The number of hydrogen-bond acceptors (Lipinski definition) is 2. The number of carboxylic acid groups (broad SMARTS) is 2. The number of rotatable bonds is 4. The van der Waals surface area contributed by atoms with Crippen LogP contribution in [0.5, 0.6) is 0 Å². The normalized spacial score (nSPS) is 12.4. The molecule has 0 fully saturated rings. The van der Waals surface area contributed by atoms with Crippen LogP contribution >= 0.6 is 0 Å². The number of benzene rings is 3. The average Bonchev–Trinajstić information content (AvgIpc) is 2.51. The van der Waals surface area contributed by atoms with Gasteiger partial charge in [0.15, 0.2) is 0 Å². The highest BCUT2D eigenvalue weighted by atomic mass is 16.4. The maximum Gasteiger partial charge on any atom is 0.335 e. The fourth-order valence-electron chi connectivity index (χ4n) is 3.12. The molecule has 3 aromatic carbocycles. The lowest BCUT2D eigenvalue weighted by Gasteiger charge is -2.17. The molecule has 0 bridgehead atoms. The Hall–Kier alpha value is -2.88. The van der Waals surface area contributed by atoms with Crippen molar-refractivity contribution < 1.29 is 19.8 Å². The van der Waals surface area contributed by atoms with Crippen molar-refractivity contribution in [2.75, 3.05) is 0 Å². The second-order valence-electron chi connectivity index (χ2n) is 5.75. The van der Waals surface area contributed by atoms with E-state index >= 15 is 0 Å². The van der Waals surface area contributed by atoms with Gasteiger partial charge in [-0.1, -0.05) is 37.3 Å². The Morgan fingerprint density at radius 1 is 0.957 bits per heavy atom. The lowest BCUT2D eigenvalue weighted by Crippen LogP contribution is -2.05. The summed E-state index contributed by atoms with van der Waals surface area (Å²) in [5, 5.41) is 22.1. The molecule has 0 aliphatic rings. The molecule has 0 saturated heterocycles. The molecule has 0 aromatic heterocycles. The summed E-state index contributed by atoms with van der Waals surface area (Å²) >= 11 is 0. The Labute approximate surface area is 133 Å². The summed E-state index contributed by atoms with van der Waals surface area (Å²) in [6, 6.07) is 14.8. The van der Waals surface area contributed by atoms with Gasteiger partial charge in [0.1, 0.15) is 0 Å². The Morgan fingerprint density at radius 2 is 1.65 bits per heavy atom. The number of carbonyl (C=O) groups is 2. The van der Waals surface area contributed by atoms with Gasteiger partial charge in [-0.2, -0.15) is 0 Å². The lowest BCUT2D eigenvalue weighted by atomic mass is 9.87. The van der Waals surface area contributed by atoms with E-state index in [9.17, 15) is 14.7 Å². The molecule has 2 N–H and O–H groups in total. The zero-order valence-electron chi connectivity index (χ0n) is 12.6. The SMILES string of the molecule is CC(CC(=O)O)c1c2ccccc2cc2ccc(C(=O)O)cc12. The molecule has 0 aliphatic carbocycles. The molecule has 0 heterocycles. The van der Waals surface area contributed by atoms with Crippen LogP contribution in [0.25, 0.3) is 21.5 Å². The van der Waals surface area contributed by atoms with E-state index in [1.807, 2.05) is 37.3 Å². The van der Waals surface area contributed by atoms with Gasteiger partial charge in [0.2, 0.25) is 0 Å². The second kappa shape index (κ2) is 5.72. The summed E-state index contributed by atoms with van der Waals surface area (Å²) in [7, 11) is 0. The molecule has 3 aromatic rings. The first-order valence-electron chi connectivity index (χ1n) is 7.38. The molecule has 1 unspecified atom stereocenters. The molecule has 0 amide bonds. The van der Waals surface area contributed by atoms with Crippen LogP contribution in [-0.4, -0.2) is 22.2 Å². The van der Waals surface area contributed by atoms with Crippen molar-refractivity contribution >= 4 is 33.5 Å². The Bertz CT molecular complexity index is 927. The zero-order chi connectivity index (χ0) is 16.6. The predicted octanol–water partition coefficient (Wildman–Crippen LogP) is 4.27. The number of fused-ring (bicyclic) bond motifs is 2. The van der Waals surface area contributed by atoms with Crippen molar-refractivity contribution in [1.82, 2.24) is 0 Å². The maximum absolute atomic E-state index is 11.3. The minimum absolute atomic E-state index is 0.000403. The van der Waals surface area contributed by atoms with Crippen molar-refractivity contribution in [2.45, 2.75) is 19.3 Å². The van der Waals surface area contributed by atoms with Crippen molar-refractivity contribution in [3.8, 4) is 0 Å². The van der Waals surface area contributed by atoms with Crippen LogP contribution in [0.15, 0.2) is 48.5 Å². The monoisotopic (exact) mass is 308 g/mol. The van der Waals surface area contributed by atoms with E-state index in [4.69, 9.17) is 5.11 Å². The maximum atomic E-state index is 11.3. The molecule has 4 heteroatoms. The van der Waals surface area contributed by atoms with Crippen LogP contribution in [0.1, 0.15) is 35.2 Å². The predicted molar refractivity (Wildman–Crippen MR) is 89.1 cm³/mol.